The molecule has 1 fully saturated rings. The molecule has 4 heteroatoms. The maximum Gasteiger partial charge on any atom is 0.216 e. The lowest BCUT2D eigenvalue weighted by molar-refractivity contribution is 0.220. The SMILES string of the molecule is CCCNC(c1cc(OC)ncn1)C1CCCC(C)C1. The molecule has 1 N–H and O–H groups in total. The fourth-order valence-electron chi connectivity index (χ4n) is 3.23. The highest BCUT2D eigenvalue weighted by Gasteiger charge is 2.28. The van der Waals surface area contributed by atoms with Gasteiger partial charge in [-0.3, -0.25) is 0 Å². The Bertz CT molecular complexity index is 410. The highest BCUT2D eigenvalue weighted by molar-refractivity contribution is 5.17. The Morgan fingerprint density at radius 2 is 2.25 bits per heavy atom. The van der Waals surface area contributed by atoms with E-state index < -0.39 is 0 Å². The summed E-state index contributed by atoms with van der Waals surface area (Å²) in [5, 5.41) is 3.68. The Kier molecular flexibility index (Phi) is 5.77. The summed E-state index contributed by atoms with van der Waals surface area (Å²) in [6, 6.07) is 2.31. The maximum absolute atomic E-state index is 5.24. The molecule has 1 aliphatic carbocycles. The van der Waals surface area contributed by atoms with E-state index in [2.05, 4.69) is 29.1 Å². The molecule has 0 aliphatic heterocycles. The van der Waals surface area contributed by atoms with Crippen LogP contribution in [0.15, 0.2) is 12.4 Å². The van der Waals surface area contributed by atoms with Crippen LogP contribution in [-0.2, 0) is 0 Å². The van der Waals surface area contributed by atoms with Crippen LogP contribution in [0.25, 0.3) is 0 Å². The number of hydrogen-bond donors (Lipinski definition) is 1. The number of aromatic nitrogens is 2. The van der Waals surface area contributed by atoms with Crippen molar-refractivity contribution in [3.8, 4) is 5.88 Å². The average Bonchev–Trinajstić information content (AvgIpc) is 2.48. The van der Waals surface area contributed by atoms with Crippen LogP contribution in [0.2, 0.25) is 0 Å². The highest BCUT2D eigenvalue weighted by Crippen LogP contribution is 2.36. The molecule has 0 spiro atoms. The van der Waals surface area contributed by atoms with Gasteiger partial charge >= 0.3 is 0 Å². The van der Waals surface area contributed by atoms with Gasteiger partial charge in [-0.1, -0.05) is 26.7 Å². The molecule has 4 nitrogen and oxygen atoms in total. The number of methoxy groups -OCH3 is 1. The first-order valence-corrected chi connectivity index (χ1v) is 7.84. The molecule has 3 unspecified atom stereocenters. The summed E-state index contributed by atoms with van der Waals surface area (Å²) in [7, 11) is 1.66. The Labute approximate surface area is 122 Å². The fraction of sp³-hybridized carbons (Fsp3) is 0.750. The van der Waals surface area contributed by atoms with Crippen molar-refractivity contribution in [1.82, 2.24) is 15.3 Å². The van der Waals surface area contributed by atoms with Gasteiger partial charge in [0.2, 0.25) is 5.88 Å². The molecule has 2 rings (SSSR count). The molecule has 0 aromatic carbocycles. The van der Waals surface area contributed by atoms with Crippen molar-refractivity contribution in [1.29, 1.82) is 0 Å². The van der Waals surface area contributed by atoms with Crippen LogP contribution >= 0.6 is 0 Å². The topological polar surface area (TPSA) is 47.0 Å². The van der Waals surface area contributed by atoms with E-state index in [0.717, 1.165) is 24.6 Å². The summed E-state index contributed by atoms with van der Waals surface area (Å²) >= 11 is 0. The molecule has 3 atom stereocenters. The van der Waals surface area contributed by atoms with E-state index in [9.17, 15) is 0 Å². The van der Waals surface area contributed by atoms with Gasteiger partial charge in [-0.25, -0.2) is 9.97 Å². The average molecular weight is 277 g/mol. The van der Waals surface area contributed by atoms with Gasteiger partial charge in [0.25, 0.3) is 0 Å². The lowest BCUT2D eigenvalue weighted by atomic mass is 9.77. The van der Waals surface area contributed by atoms with Crippen LogP contribution in [0.4, 0.5) is 0 Å². The minimum Gasteiger partial charge on any atom is -0.481 e. The second-order valence-electron chi connectivity index (χ2n) is 5.95. The molecule has 0 bridgehead atoms. The van der Waals surface area contributed by atoms with Crippen LogP contribution < -0.4 is 10.1 Å². The molecule has 112 valence electrons. The lowest BCUT2D eigenvalue weighted by Crippen LogP contribution is -2.32. The molecule has 1 aromatic rings. The van der Waals surface area contributed by atoms with Crippen LogP contribution in [0.1, 0.15) is 57.7 Å². The molecule has 0 radical (unpaired) electrons. The van der Waals surface area contributed by atoms with E-state index >= 15 is 0 Å². The zero-order chi connectivity index (χ0) is 14.4. The van der Waals surface area contributed by atoms with Gasteiger partial charge in [-0.2, -0.15) is 0 Å². The van der Waals surface area contributed by atoms with Gasteiger partial charge in [0.1, 0.15) is 6.33 Å². The fourth-order valence-corrected chi connectivity index (χ4v) is 3.23. The van der Waals surface area contributed by atoms with Crippen LogP contribution in [0.3, 0.4) is 0 Å². The maximum atomic E-state index is 5.24. The predicted molar refractivity (Wildman–Crippen MR) is 80.7 cm³/mol. The molecule has 1 aromatic heterocycles. The normalized spacial score (nSPS) is 24.4. The number of nitrogens with zero attached hydrogens (tertiary/aromatic N) is 2. The van der Waals surface area contributed by atoms with Gasteiger partial charge in [-0.05, 0) is 37.6 Å². The van der Waals surface area contributed by atoms with E-state index in [-0.39, 0.29) is 0 Å². The molecule has 1 saturated carbocycles. The van der Waals surface area contributed by atoms with Crippen LogP contribution in [0.5, 0.6) is 5.88 Å². The molecule has 0 saturated heterocycles. The minimum atomic E-state index is 0.328. The molecule has 0 amide bonds. The van der Waals surface area contributed by atoms with Gasteiger partial charge < -0.3 is 10.1 Å². The minimum absolute atomic E-state index is 0.328. The summed E-state index contributed by atoms with van der Waals surface area (Å²) < 4.78 is 5.24. The van der Waals surface area contributed by atoms with Gasteiger partial charge in [0.05, 0.1) is 18.8 Å². The Hall–Kier alpha value is -1.16. The smallest absolute Gasteiger partial charge is 0.216 e. The third-order valence-corrected chi connectivity index (χ3v) is 4.25. The summed E-state index contributed by atoms with van der Waals surface area (Å²) in [6.45, 7) is 5.60. The van der Waals surface area contributed by atoms with Gasteiger partial charge in [-0.15, -0.1) is 0 Å². The summed E-state index contributed by atoms with van der Waals surface area (Å²) in [4.78, 5) is 8.61. The van der Waals surface area contributed by atoms with Crippen molar-refractivity contribution in [2.75, 3.05) is 13.7 Å². The van der Waals surface area contributed by atoms with Gasteiger partial charge in [0.15, 0.2) is 0 Å². The van der Waals surface area contributed by atoms with Crippen molar-refractivity contribution in [3.05, 3.63) is 18.1 Å². The monoisotopic (exact) mass is 277 g/mol. The van der Waals surface area contributed by atoms with Crippen molar-refractivity contribution >= 4 is 0 Å². The molecule has 1 heterocycles. The second-order valence-corrected chi connectivity index (χ2v) is 5.95. The highest BCUT2D eigenvalue weighted by atomic mass is 16.5. The largest absolute Gasteiger partial charge is 0.481 e. The third-order valence-electron chi connectivity index (χ3n) is 4.25. The Morgan fingerprint density at radius 3 is 2.95 bits per heavy atom. The Morgan fingerprint density at radius 1 is 1.40 bits per heavy atom. The summed E-state index contributed by atoms with van der Waals surface area (Å²) in [6.07, 6.45) is 8.02. The second kappa shape index (κ2) is 7.58. The first kappa shape index (κ1) is 15.2. The van der Waals surface area contributed by atoms with E-state index in [1.165, 1.54) is 25.7 Å². The van der Waals surface area contributed by atoms with Crippen molar-refractivity contribution in [2.24, 2.45) is 11.8 Å². The molecular weight excluding hydrogens is 250 g/mol. The number of ether oxygens (including phenoxy) is 1. The zero-order valence-corrected chi connectivity index (χ0v) is 12.9. The number of nitrogens with one attached hydrogen (secondary N) is 1. The first-order valence-electron chi connectivity index (χ1n) is 7.84. The molecular formula is C16H27N3O. The molecule has 1 aliphatic rings. The summed E-state index contributed by atoms with van der Waals surface area (Å²) in [5.41, 5.74) is 1.07. The lowest BCUT2D eigenvalue weighted by Gasteiger charge is -2.33. The van der Waals surface area contributed by atoms with Crippen molar-refractivity contribution in [2.45, 2.75) is 52.0 Å². The van der Waals surface area contributed by atoms with E-state index in [4.69, 9.17) is 4.74 Å². The van der Waals surface area contributed by atoms with E-state index in [0.29, 0.717) is 17.8 Å². The van der Waals surface area contributed by atoms with Crippen LogP contribution in [-0.4, -0.2) is 23.6 Å². The first-order chi connectivity index (χ1) is 9.74. The van der Waals surface area contributed by atoms with E-state index in [1.807, 2.05) is 6.07 Å². The zero-order valence-electron chi connectivity index (χ0n) is 12.9. The quantitative estimate of drug-likeness (QED) is 0.866. The third kappa shape index (κ3) is 3.92. The van der Waals surface area contributed by atoms with Crippen molar-refractivity contribution in [3.63, 3.8) is 0 Å². The number of rotatable bonds is 6. The van der Waals surface area contributed by atoms with Crippen LogP contribution in [0, 0.1) is 11.8 Å². The number of hydrogen-bond acceptors (Lipinski definition) is 4. The predicted octanol–water partition coefficient (Wildman–Crippen LogP) is 3.35. The Balaban J connectivity index is 2.16. The standard InChI is InChI=1S/C16H27N3O/c1-4-8-17-16(13-7-5-6-12(2)9-13)14-10-15(20-3)19-11-18-14/h10-13,16-17H,4-9H2,1-3H3. The molecule has 20 heavy (non-hydrogen) atoms. The van der Waals surface area contributed by atoms with Crippen molar-refractivity contribution < 1.29 is 4.74 Å². The van der Waals surface area contributed by atoms with E-state index in [1.54, 1.807) is 13.4 Å². The van der Waals surface area contributed by atoms with Gasteiger partial charge in [0, 0.05) is 6.07 Å². The summed E-state index contributed by atoms with van der Waals surface area (Å²) in [5.74, 6) is 2.15.